The van der Waals surface area contributed by atoms with Gasteiger partial charge >= 0.3 is 12.1 Å². The number of aromatic amines is 1. The Morgan fingerprint density at radius 2 is 1.62 bits per heavy atom. The third kappa shape index (κ3) is 6.77. The quantitative estimate of drug-likeness (QED) is 0.420. The Labute approximate surface area is 275 Å². The zero-order valence-electron chi connectivity index (χ0n) is 27.4. The summed E-state index contributed by atoms with van der Waals surface area (Å²) < 4.78 is 6.09. The number of likely N-dealkylation sites (tertiary alicyclic amines) is 2. The van der Waals surface area contributed by atoms with Crippen molar-refractivity contribution in [2.45, 2.75) is 63.8 Å². The first-order valence-electron chi connectivity index (χ1n) is 16.9. The van der Waals surface area contributed by atoms with Crippen molar-refractivity contribution in [1.82, 2.24) is 39.9 Å². The average Bonchev–Trinajstić information content (AvgIpc) is 3.57. The molecule has 250 valence electrons. The Bertz CT molecular complexity index is 1600. The van der Waals surface area contributed by atoms with Crippen LogP contribution in [0.25, 0.3) is 11.0 Å². The van der Waals surface area contributed by atoms with Gasteiger partial charge in [-0.05, 0) is 68.5 Å². The van der Waals surface area contributed by atoms with Crippen LogP contribution in [0.2, 0.25) is 0 Å². The number of piperazine rings is 1. The number of ether oxygens (including phenoxy) is 1. The Morgan fingerprint density at radius 1 is 0.915 bits per heavy atom. The lowest BCUT2D eigenvalue weighted by molar-refractivity contribution is -0.142. The summed E-state index contributed by atoms with van der Waals surface area (Å²) in [6, 6.07) is 12.1. The summed E-state index contributed by atoms with van der Waals surface area (Å²) in [5, 5.41) is 14.1. The highest BCUT2D eigenvalue weighted by Gasteiger charge is 2.37. The molecule has 4 amide bonds. The molecule has 2 N–H and O–H groups in total. The van der Waals surface area contributed by atoms with E-state index in [1.165, 1.54) is 0 Å². The third-order valence-electron chi connectivity index (χ3n) is 10.5. The lowest BCUT2D eigenvalue weighted by atomic mass is 9.99. The summed E-state index contributed by atoms with van der Waals surface area (Å²) in [6.45, 7) is 8.99. The number of carbonyl (C=O) groups excluding carboxylic acids is 3. The molecule has 0 radical (unpaired) electrons. The van der Waals surface area contributed by atoms with Gasteiger partial charge in [0.25, 0.3) is 5.91 Å². The van der Waals surface area contributed by atoms with Gasteiger partial charge in [-0.15, -0.1) is 0 Å². The van der Waals surface area contributed by atoms with Crippen LogP contribution in [0.15, 0.2) is 36.4 Å². The molecule has 4 aliphatic heterocycles. The van der Waals surface area contributed by atoms with E-state index in [4.69, 9.17) is 4.74 Å². The van der Waals surface area contributed by atoms with E-state index in [1.54, 1.807) is 4.90 Å². The highest BCUT2D eigenvalue weighted by Crippen LogP contribution is 2.28. The number of rotatable bonds is 6. The van der Waals surface area contributed by atoms with E-state index >= 15 is 0 Å². The molecular weight excluding hydrogens is 598 g/mol. The number of H-pyrrole nitrogens is 1. The minimum absolute atomic E-state index is 0.0172. The van der Waals surface area contributed by atoms with Gasteiger partial charge in [0.15, 0.2) is 6.10 Å². The molecule has 1 aromatic heterocycles. The normalized spacial score (nSPS) is 21.1. The number of nitrogens with zero attached hydrogens (tertiary/aromatic N) is 7. The molecule has 0 aliphatic carbocycles. The fraction of sp³-hybridized carbons (Fsp3) is 0.559. The molecule has 1 unspecified atom stereocenters. The zero-order chi connectivity index (χ0) is 32.5. The SMILES string of the molecule is Cc1cc(CC(OC(=O)N2CCC(N3Cc4ccccc4NC3=O)CC2)C(=O)N2CCC(N3CCN(C)CC3)CC2)cc2n[nH]nc12. The van der Waals surface area contributed by atoms with Gasteiger partial charge in [-0.1, -0.05) is 24.3 Å². The number of likely N-dealkylation sites (N-methyl/N-ethyl adjacent to an activating group) is 1. The minimum atomic E-state index is -0.950. The Kier molecular flexibility index (Phi) is 9.00. The van der Waals surface area contributed by atoms with E-state index < -0.39 is 12.2 Å². The van der Waals surface area contributed by atoms with Gasteiger partial charge in [-0.2, -0.15) is 15.4 Å². The number of anilines is 1. The first-order valence-corrected chi connectivity index (χ1v) is 16.9. The maximum atomic E-state index is 14.1. The number of hydrogen-bond donors (Lipinski definition) is 2. The van der Waals surface area contributed by atoms with Crippen LogP contribution in [0.1, 0.15) is 42.4 Å². The van der Waals surface area contributed by atoms with Crippen molar-refractivity contribution < 1.29 is 19.1 Å². The van der Waals surface area contributed by atoms with E-state index in [9.17, 15) is 14.4 Å². The van der Waals surface area contributed by atoms with Crippen LogP contribution in [0.4, 0.5) is 15.3 Å². The molecule has 5 heterocycles. The second kappa shape index (κ2) is 13.5. The molecule has 13 heteroatoms. The highest BCUT2D eigenvalue weighted by atomic mass is 16.6. The van der Waals surface area contributed by atoms with Crippen molar-refractivity contribution >= 4 is 34.8 Å². The van der Waals surface area contributed by atoms with Crippen molar-refractivity contribution in [1.29, 1.82) is 0 Å². The predicted octanol–water partition coefficient (Wildman–Crippen LogP) is 3.06. The molecule has 0 saturated carbocycles. The van der Waals surface area contributed by atoms with Crippen molar-refractivity contribution in [2.75, 3.05) is 64.7 Å². The molecule has 4 aliphatic rings. The van der Waals surface area contributed by atoms with E-state index in [0.717, 1.165) is 72.4 Å². The van der Waals surface area contributed by atoms with Gasteiger partial charge in [-0.25, -0.2) is 9.59 Å². The smallest absolute Gasteiger partial charge is 0.410 e. The number of urea groups is 1. The highest BCUT2D eigenvalue weighted by molar-refractivity contribution is 5.92. The van der Waals surface area contributed by atoms with Gasteiger partial charge in [0, 0.05) is 83.1 Å². The number of nitrogens with one attached hydrogen (secondary N) is 2. The summed E-state index contributed by atoms with van der Waals surface area (Å²) >= 11 is 0. The lowest BCUT2D eigenvalue weighted by Gasteiger charge is -2.42. The summed E-state index contributed by atoms with van der Waals surface area (Å²) in [6.07, 6.45) is 1.95. The second-order valence-corrected chi connectivity index (χ2v) is 13.5. The number of piperidine rings is 2. The molecule has 1 atom stereocenters. The molecule has 3 fully saturated rings. The van der Waals surface area contributed by atoms with E-state index in [2.05, 4.69) is 37.6 Å². The maximum absolute atomic E-state index is 14.1. The summed E-state index contributed by atoms with van der Waals surface area (Å²) in [7, 11) is 2.16. The molecule has 47 heavy (non-hydrogen) atoms. The van der Waals surface area contributed by atoms with Crippen LogP contribution >= 0.6 is 0 Å². The molecule has 2 aromatic carbocycles. The van der Waals surface area contributed by atoms with Crippen LogP contribution in [-0.4, -0.2) is 136 Å². The maximum Gasteiger partial charge on any atom is 0.410 e. The third-order valence-corrected chi connectivity index (χ3v) is 10.5. The van der Waals surface area contributed by atoms with Gasteiger partial charge in [0.1, 0.15) is 11.0 Å². The second-order valence-electron chi connectivity index (χ2n) is 13.5. The minimum Gasteiger partial charge on any atom is -0.436 e. The molecule has 0 spiro atoms. The molecular formula is C34H45N9O4. The number of benzene rings is 2. The number of hydrogen-bond acceptors (Lipinski definition) is 8. The number of carbonyl (C=O) groups is 3. The Hall–Kier alpha value is -4.23. The number of aromatic nitrogens is 3. The predicted molar refractivity (Wildman–Crippen MR) is 177 cm³/mol. The summed E-state index contributed by atoms with van der Waals surface area (Å²) in [4.78, 5) is 50.9. The van der Waals surface area contributed by atoms with E-state index in [0.29, 0.717) is 51.6 Å². The van der Waals surface area contributed by atoms with Crippen LogP contribution in [0, 0.1) is 6.92 Å². The van der Waals surface area contributed by atoms with Crippen LogP contribution in [0.3, 0.4) is 0 Å². The van der Waals surface area contributed by atoms with Gasteiger partial charge in [0.05, 0.1) is 0 Å². The number of amides is 4. The number of aryl methyl sites for hydroxylation is 1. The average molecular weight is 644 g/mol. The first kappa shape index (κ1) is 31.4. The van der Waals surface area contributed by atoms with Crippen molar-refractivity contribution in [3.8, 4) is 0 Å². The van der Waals surface area contributed by atoms with E-state index in [-0.39, 0.29) is 24.4 Å². The standard InChI is InChI=1S/C34H45N9O4/c1-23-19-24(20-29-31(23)37-38-36-29)21-30(32(44)41-11-7-26(8-12-41)40-17-15-39(2)16-18-40)47-34(46)42-13-9-27(10-14-42)43-22-25-5-3-4-6-28(25)35-33(43)45/h3-6,19-20,26-27,30H,7-18,21-22H2,1-2H3,(H,35,45)(H,36,37,38). The van der Waals surface area contributed by atoms with Gasteiger partial charge < -0.3 is 29.7 Å². The van der Waals surface area contributed by atoms with Crippen LogP contribution < -0.4 is 5.32 Å². The molecule has 0 bridgehead atoms. The summed E-state index contributed by atoms with van der Waals surface area (Å²) in [5.41, 5.74) is 5.26. The monoisotopic (exact) mass is 643 g/mol. The fourth-order valence-electron chi connectivity index (χ4n) is 7.62. The number of para-hydroxylation sites is 1. The lowest BCUT2D eigenvalue weighted by Crippen LogP contribution is -2.55. The number of fused-ring (bicyclic) bond motifs is 2. The fourth-order valence-corrected chi connectivity index (χ4v) is 7.62. The van der Waals surface area contributed by atoms with Crippen LogP contribution in [-0.2, 0) is 22.5 Å². The van der Waals surface area contributed by atoms with E-state index in [1.807, 2.05) is 53.1 Å². The molecule has 3 saturated heterocycles. The van der Waals surface area contributed by atoms with Gasteiger partial charge in [-0.3, -0.25) is 9.69 Å². The molecule has 7 rings (SSSR count). The van der Waals surface area contributed by atoms with Crippen LogP contribution in [0.5, 0.6) is 0 Å². The first-order chi connectivity index (χ1) is 22.8. The molecule has 3 aromatic rings. The van der Waals surface area contributed by atoms with Crippen molar-refractivity contribution in [3.05, 3.63) is 53.1 Å². The zero-order valence-corrected chi connectivity index (χ0v) is 27.4. The van der Waals surface area contributed by atoms with Crippen molar-refractivity contribution in [3.63, 3.8) is 0 Å². The Balaban J connectivity index is 1.00. The topological polar surface area (TPSA) is 130 Å². The summed E-state index contributed by atoms with van der Waals surface area (Å²) in [5.74, 6) is -0.147. The largest absolute Gasteiger partial charge is 0.436 e. The molecule has 13 nitrogen and oxygen atoms in total. The van der Waals surface area contributed by atoms with Crippen molar-refractivity contribution in [2.24, 2.45) is 0 Å². The Morgan fingerprint density at radius 3 is 2.38 bits per heavy atom. The van der Waals surface area contributed by atoms with Gasteiger partial charge in [0.2, 0.25) is 0 Å².